The maximum atomic E-state index is 12.6. The van der Waals surface area contributed by atoms with E-state index < -0.39 is 0 Å². The van der Waals surface area contributed by atoms with Crippen molar-refractivity contribution in [2.75, 3.05) is 5.75 Å². The summed E-state index contributed by atoms with van der Waals surface area (Å²) in [5.41, 5.74) is 3.05. The molecule has 0 saturated heterocycles. The van der Waals surface area contributed by atoms with Crippen LogP contribution in [0.1, 0.15) is 22.0 Å². The highest BCUT2D eigenvalue weighted by molar-refractivity contribution is 7.99. The van der Waals surface area contributed by atoms with Crippen molar-refractivity contribution in [3.63, 3.8) is 0 Å². The molecular formula is C20H18N4OS2. The van der Waals surface area contributed by atoms with Crippen molar-refractivity contribution < 1.29 is 4.79 Å². The van der Waals surface area contributed by atoms with E-state index in [1.165, 1.54) is 17.3 Å². The second-order valence-corrected chi connectivity index (χ2v) is 8.05. The Kier molecular flexibility index (Phi) is 5.22. The summed E-state index contributed by atoms with van der Waals surface area (Å²) in [4.78, 5) is 13.8. The monoisotopic (exact) mass is 394 g/mol. The minimum Gasteiger partial charge on any atom is -0.344 e. The number of nitrogens with one attached hydrogen (secondary N) is 1. The van der Waals surface area contributed by atoms with Crippen LogP contribution >= 0.6 is 23.1 Å². The number of carbonyl (C=O) groups is 1. The van der Waals surface area contributed by atoms with Gasteiger partial charge in [-0.05, 0) is 36.1 Å². The van der Waals surface area contributed by atoms with Crippen LogP contribution in [0.5, 0.6) is 0 Å². The van der Waals surface area contributed by atoms with Crippen LogP contribution in [0.3, 0.4) is 0 Å². The number of nitrogens with zero attached hydrogens (tertiary/aromatic N) is 3. The van der Waals surface area contributed by atoms with Gasteiger partial charge in [-0.3, -0.25) is 9.20 Å². The maximum absolute atomic E-state index is 12.6. The molecule has 3 heterocycles. The second kappa shape index (κ2) is 7.94. The fourth-order valence-electron chi connectivity index (χ4n) is 2.78. The van der Waals surface area contributed by atoms with Gasteiger partial charge in [0.15, 0.2) is 10.8 Å². The number of hydrogen-bond acceptors (Lipinski definition) is 5. The van der Waals surface area contributed by atoms with Crippen LogP contribution in [0.2, 0.25) is 0 Å². The van der Waals surface area contributed by atoms with Crippen molar-refractivity contribution in [1.82, 2.24) is 19.9 Å². The molecule has 0 spiro atoms. The molecule has 7 heteroatoms. The van der Waals surface area contributed by atoms with Crippen LogP contribution < -0.4 is 5.32 Å². The quantitative estimate of drug-likeness (QED) is 0.500. The van der Waals surface area contributed by atoms with E-state index in [9.17, 15) is 4.79 Å². The summed E-state index contributed by atoms with van der Waals surface area (Å²) >= 11 is 3.02. The number of rotatable bonds is 6. The van der Waals surface area contributed by atoms with Gasteiger partial charge in [0.1, 0.15) is 0 Å². The molecule has 4 rings (SSSR count). The summed E-state index contributed by atoms with van der Waals surface area (Å²) < 4.78 is 1.88. The first kappa shape index (κ1) is 17.8. The van der Waals surface area contributed by atoms with Crippen molar-refractivity contribution in [2.45, 2.75) is 18.1 Å². The van der Waals surface area contributed by atoms with Gasteiger partial charge in [0.25, 0.3) is 0 Å². The highest BCUT2D eigenvalue weighted by atomic mass is 32.2. The number of aromatic nitrogens is 3. The highest BCUT2D eigenvalue weighted by Crippen LogP contribution is 2.27. The van der Waals surface area contributed by atoms with E-state index in [1.807, 2.05) is 40.2 Å². The van der Waals surface area contributed by atoms with Gasteiger partial charge in [-0.15, -0.1) is 21.5 Å². The van der Waals surface area contributed by atoms with E-state index in [1.54, 1.807) is 11.3 Å². The number of aryl methyl sites for hydroxylation is 1. The van der Waals surface area contributed by atoms with Gasteiger partial charge < -0.3 is 5.32 Å². The molecule has 3 aromatic heterocycles. The number of pyridine rings is 1. The topological polar surface area (TPSA) is 59.3 Å². The van der Waals surface area contributed by atoms with Gasteiger partial charge in [-0.25, -0.2) is 0 Å². The summed E-state index contributed by atoms with van der Waals surface area (Å²) in [6.07, 6.45) is 1.90. The smallest absolute Gasteiger partial charge is 0.231 e. The number of hydrogen-bond donors (Lipinski definition) is 1. The fourth-order valence-corrected chi connectivity index (χ4v) is 4.32. The Hall–Kier alpha value is -2.64. The third kappa shape index (κ3) is 4.04. The molecule has 0 saturated carbocycles. The van der Waals surface area contributed by atoms with Gasteiger partial charge in [0, 0.05) is 11.1 Å². The zero-order valence-corrected chi connectivity index (χ0v) is 16.3. The van der Waals surface area contributed by atoms with Crippen molar-refractivity contribution in [3.05, 3.63) is 82.2 Å². The van der Waals surface area contributed by atoms with E-state index in [4.69, 9.17) is 0 Å². The zero-order chi connectivity index (χ0) is 18.6. The van der Waals surface area contributed by atoms with Gasteiger partial charge >= 0.3 is 0 Å². The maximum Gasteiger partial charge on any atom is 0.231 e. The number of fused-ring (bicyclic) bond motifs is 1. The minimum absolute atomic E-state index is 0.0355. The van der Waals surface area contributed by atoms with Crippen LogP contribution in [0, 0.1) is 6.92 Å². The Balaban J connectivity index is 1.48. The van der Waals surface area contributed by atoms with Crippen molar-refractivity contribution in [3.8, 4) is 0 Å². The molecule has 1 unspecified atom stereocenters. The number of carbonyl (C=O) groups excluding carboxylic acids is 1. The molecule has 0 bridgehead atoms. The van der Waals surface area contributed by atoms with E-state index in [0.29, 0.717) is 5.16 Å². The van der Waals surface area contributed by atoms with Crippen LogP contribution in [0.4, 0.5) is 0 Å². The fraction of sp³-hybridized carbons (Fsp3) is 0.150. The van der Waals surface area contributed by atoms with Gasteiger partial charge in [0.2, 0.25) is 5.91 Å². The molecule has 136 valence electrons. The van der Waals surface area contributed by atoms with Crippen molar-refractivity contribution in [1.29, 1.82) is 0 Å². The third-order valence-corrected chi connectivity index (χ3v) is 6.04. The molecule has 1 N–H and O–H groups in total. The summed E-state index contributed by atoms with van der Waals surface area (Å²) in [6.45, 7) is 2.06. The van der Waals surface area contributed by atoms with Gasteiger partial charge in [-0.2, -0.15) is 0 Å². The van der Waals surface area contributed by atoms with Gasteiger partial charge in [0.05, 0.1) is 11.8 Å². The molecule has 1 atom stereocenters. The van der Waals surface area contributed by atoms with Crippen molar-refractivity contribution in [2.24, 2.45) is 0 Å². The van der Waals surface area contributed by atoms with E-state index in [0.717, 1.165) is 16.1 Å². The summed E-state index contributed by atoms with van der Waals surface area (Å²) in [5, 5.41) is 14.2. The lowest BCUT2D eigenvalue weighted by Gasteiger charge is -2.18. The Morgan fingerprint density at radius 1 is 1.15 bits per heavy atom. The standard InChI is InChI=1S/C20H18N4OS2/c1-14-7-9-15(10-8-14)19(16-5-4-12-26-16)21-18(25)13-27-20-23-22-17-6-2-3-11-24(17)20/h2-12,19H,13H2,1H3,(H,21,25). The first-order valence-electron chi connectivity index (χ1n) is 8.52. The van der Waals surface area contributed by atoms with Crippen LogP contribution in [-0.2, 0) is 4.79 Å². The third-order valence-electron chi connectivity index (χ3n) is 4.16. The normalized spacial score (nSPS) is 12.2. The van der Waals surface area contributed by atoms with E-state index >= 15 is 0 Å². The SMILES string of the molecule is Cc1ccc(C(NC(=O)CSc2nnc3ccccn23)c2cccs2)cc1. The number of thioether (sulfide) groups is 1. The number of benzene rings is 1. The average Bonchev–Trinajstić information content (AvgIpc) is 3.35. The Labute approximate surface area is 165 Å². The molecule has 27 heavy (non-hydrogen) atoms. The number of amides is 1. The lowest BCUT2D eigenvalue weighted by atomic mass is 10.0. The van der Waals surface area contributed by atoms with Crippen LogP contribution in [0.15, 0.2) is 71.3 Å². The Morgan fingerprint density at radius 2 is 2.00 bits per heavy atom. The predicted molar refractivity (Wildman–Crippen MR) is 109 cm³/mol. The Morgan fingerprint density at radius 3 is 2.78 bits per heavy atom. The molecule has 0 aliphatic carbocycles. The lowest BCUT2D eigenvalue weighted by Crippen LogP contribution is -2.30. The molecule has 1 aromatic carbocycles. The van der Waals surface area contributed by atoms with Crippen LogP contribution in [0.25, 0.3) is 5.65 Å². The first-order chi connectivity index (χ1) is 13.2. The predicted octanol–water partition coefficient (Wildman–Crippen LogP) is 4.10. The van der Waals surface area contributed by atoms with Gasteiger partial charge in [-0.1, -0.05) is 53.7 Å². The molecular weight excluding hydrogens is 376 g/mol. The average molecular weight is 395 g/mol. The number of thiophene rings is 1. The molecule has 0 aliphatic rings. The molecule has 1 amide bonds. The molecule has 0 fully saturated rings. The molecule has 4 aromatic rings. The summed E-state index contributed by atoms with van der Waals surface area (Å²) in [6, 6.07) is 17.9. The highest BCUT2D eigenvalue weighted by Gasteiger charge is 2.18. The second-order valence-electron chi connectivity index (χ2n) is 6.13. The van der Waals surface area contributed by atoms with Crippen molar-refractivity contribution >= 4 is 34.7 Å². The van der Waals surface area contributed by atoms with E-state index in [-0.39, 0.29) is 17.7 Å². The molecule has 0 radical (unpaired) electrons. The Bertz CT molecular complexity index is 1040. The summed E-state index contributed by atoms with van der Waals surface area (Å²) in [7, 11) is 0. The lowest BCUT2D eigenvalue weighted by molar-refractivity contribution is -0.119. The first-order valence-corrected chi connectivity index (χ1v) is 10.4. The minimum atomic E-state index is -0.145. The largest absolute Gasteiger partial charge is 0.344 e. The zero-order valence-electron chi connectivity index (χ0n) is 14.7. The molecule has 5 nitrogen and oxygen atoms in total. The van der Waals surface area contributed by atoms with E-state index in [2.05, 4.69) is 52.8 Å². The van der Waals surface area contributed by atoms with Crippen LogP contribution in [-0.4, -0.2) is 26.3 Å². The molecule has 0 aliphatic heterocycles. The summed E-state index contributed by atoms with van der Waals surface area (Å²) in [5.74, 6) is 0.246.